The Morgan fingerprint density at radius 3 is 2.58 bits per heavy atom. The molecular weight excluding hydrogens is 521 g/mol. The van der Waals surface area contributed by atoms with Gasteiger partial charge in [-0.15, -0.1) is 11.3 Å². The molecule has 4 aromatic rings. The number of thiophene rings is 1. The van der Waals surface area contributed by atoms with Crippen LogP contribution >= 0.6 is 22.9 Å². The number of halogens is 2. The molecule has 0 spiro atoms. The van der Waals surface area contributed by atoms with Crippen molar-refractivity contribution in [2.45, 2.75) is 51.2 Å². The van der Waals surface area contributed by atoms with Gasteiger partial charge in [0, 0.05) is 51.7 Å². The highest BCUT2D eigenvalue weighted by molar-refractivity contribution is 7.21. The fourth-order valence-electron chi connectivity index (χ4n) is 5.29. The summed E-state index contributed by atoms with van der Waals surface area (Å²) in [5.74, 6) is 0.127. The molecule has 5 rings (SSSR count). The lowest BCUT2D eigenvalue weighted by atomic mass is 9.89. The van der Waals surface area contributed by atoms with Crippen molar-refractivity contribution >= 4 is 38.9 Å². The maximum absolute atomic E-state index is 14.6. The van der Waals surface area contributed by atoms with E-state index in [2.05, 4.69) is 16.4 Å². The molecule has 1 N–H and O–H groups in total. The van der Waals surface area contributed by atoms with Gasteiger partial charge in [0.2, 0.25) is 0 Å². The lowest BCUT2D eigenvalue weighted by molar-refractivity contribution is 0.0604. The van der Waals surface area contributed by atoms with Gasteiger partial charge in [-0.2, -0.15) is 0 Å². The number of nitrogens with one attached hydrogen (secondary N) is 1. The molecule has 1 fully saturated rings. The van der Waals surface area contributed by atoms with Gasteiger partial charge in [-0.25, -0.2) is 4.39 Å². The number of benzene rings is 2. The molecule has 1 aliphatic carbocycles. The van der Waals surface area contributed by atoms with Gasteiger partial charge in [-0.3, -0.25) is 9.78 Å². The second kappa shape index (κ2) is 11.4. The van der Waals surface area contributed by atoms with Crippen molar-refractivity contribution in [1.29, 1.82) is 0 Å². The Kier molecular flexibility index (Phi) is 7.98. The summed E-state index contributed by atoms with van der Waals surface area (Å²) in [6, 6.07) is 15.3. The molecular formula is C30H31ClFN3O2S. The number of carbonyl (C=O) groups excluding carboxylic acids is 1. The smallest absolute Gasteiger partial charge is 0.266 e. The van der Waals surface area contributed by atoms with Crippen LogP contribution in [0, 0.1) is 12.7 Å². The summed E-state index contributed by atoms with van der Waals surface area (Å²) in [6.45, 7) is 2.32. The summed E-state index contributed by atoms with van der Waals surface area (Å²) in [4.78, 5) is 20.9. The third-order valence-electron chi connectivity index (χ3n) is 7.47. The molecule has 0 atom stereocenters. The fourth-order valence-corrected chi connectivity index (χ4v) is 6.79. The fraction of sp³-hybridized carbons (Fsp3) is 0.333. The van der Waals surface area contributed by atoms with Crippen LogP contribution in [0.2, 0.25) is 5.02 Å². The predicted octanol–water partition coefficient (Wildman–Crippen LogP) is 7.25. The van der Waals surface area contributed by atoms with Gasteiger partial charge in [-0.1, -0.05) is 29.8 Å². The van der Waals surface area contributed by atoms with E-state index < -0.39 is 5.82 Å². The number of carbonyl (C=O) groups is 1. The Bertz CT molecular complexity index is 1450. The summed E-state index contributed by atoms with van der Waals surface area (Å²) in [7, 11) is 3.62. The number of fused-ring (bicyclic) bond motifs is 1. The van der Waals surface area contributed by atoms with Crippen LogP contribution in [-0.2, 0) is 6.54 Å². The van der Waals surface area contributed by atoms with Gasteiger partial charge in [0.25, 0.3) is 5.91 Å². The van der Waals surface area contributed by atoms with Crippen LogP contribution in [0.25, 0.3) is 21.2 Å². The number of rotatable bonds is 7. The number of aromatic nitrogens is 1. The van der Waals surface area contributed by atoms with Crippen molar-refractivity contribution in [3.05, 3.63) is 81.7 Å². The van der Waals surface area contributed by atoms with E-state index in [1.165, 1.54) is 17.4 Å². The molecule has 2 aromatic carbocycles. The van der Waals surface area contributed by atoms with Gasteiger partial charge in [0.15, 0.2) is 0 Å². The third-order valence-corrected chi connectivity index (χ3v) is 9.11. The molecule has 0 saturated heterocycles. The lowest BCUT2D eigenvalue weighted by Gasteiger charge is -2.37. The Morgan fingerprint density at radius 1 is 1.16 bits per heavy atom. The normalized spacial score (nSPS) is 17.5. The van der Waals surface area contributed by atoms with E-state index in [0.717, 1.165) is 48.1 Å². The highest BCUT2D eigenvalue weighted by Crippen LogP contribution is 2.39. The summed E-state index contributed by atoms with van der Waals surface area (Å²) < 4.78 is 21.0. The highest BCUT2D eigenvalue weighted by Gasteiger charge is 2.32. The largest absolute Gasteiger partial charge is 0.496 e. The second-order valence-electron chi connectivity index (χ2n) is 9.80. The van der Waals surface area contributed by atoms with Crippen molar-refractivity contribution in [3.8, 4) is 16.9 Å². The van der Waals surface area contributed by atoms with E-state index in [1.54, 1.807) is 19.2 Å². The lowest BCUT2D eigenvalue weighted by Crippen LogP contribution is -2.44. The summed E-state index contributed by atoms with van der Waals surface area (Å²) in [6.07, 6.45) is 5.56. The number of pyridine rings is 1. The van der Waals surface area contributed by atoms with Crippen molar-refractivity contribution in [1.82, 2.24) is 15.2 Å². The van der Waals surface area contributed by atoms with Crippen molar-refractivity contribution < 1.29 is 13.9 Å². The Morgan fingerprint density at radius 2 is 1.92 bits per heavy atom. The van der Waals surface area contributed by atoms with Crippen molar-refractivity contribution in [3.63, 3.8) is 0 Å². The first-order valence-electron chi connectivity index (χ1n) is 12.8. The second-order valence-corrected chi connectivity index (χ2v) is 11.2. The molecule has 1 saturated carbocycles. The molecule has 0 radical (unpaired) electrons. The van der Waals surface area contributed by atoms with Gasteiger partial charge in [-0.05, 0) is 75.5 Å². The van der Waals surface area contributed by atoms with Crippen LogP contribution in [0.15, 0.2) is 54.7 Å². The van der Waals surface area contributed by atoms with Crippen molar-refractivity contribution in [2.24, 2.45) is 0 Å². The number of aryl methyl sites for hydroxylation is 1. The van der Waals surface area contributed by atoms with E-state index in [9.17, 15) is 9.18 Å². The van der Waals surface area contributed by atoms with Crippen LogP contribution < -0.4 is 10.1 Å². The SMILES string of the molecule is CN[C@H]1CC[C@H](N(Cc2cc(-c3ccc(C)nc3)ccc2OC)C(=O)c2sc3cccc(F)c3c2Cl)CC1. The van der Waals surface area contributed by atoms with Gasteiger partial charge < -0.3 is 15.0 Å². The molecule has 0 aliphatic heterocycles. The zero-order valence-corrected chi connectivity index (χ0v) is 23.3. The van der Waals surface area contributed by atoms with Crippen LogP contribution in [-0.4, -0.2) is 42.0 Å². The number of ether oxygens (including phenoxy) is 1. The average Bonchev–Trinajstić information content (AvgIpc) is 3.29. The Labute approximate surface area is 231 Å². The van der Waals surface area contributed by atoms with Gasteiger partial charge in [0.05, 0.1) is 12.1 Å². The zero-order chi connectivity index (χ0) is 26.8. The van der Waals surface area contributed by atoms with Crippen LogP contribution in [0.5, 0.6) is 5.75 Å². The third kappa shape index (κ3) is 5.28. The maximum atomic E-state index is 14.6. The van der Waals surface area contributed by atoms with E-state index in [4.69, 9.17) is 16.3 Å². The summed E-state index contributed by atoms with van der Waals surface area (Å²) in [5, 5.41) is 3.87. The molecule has 0 bridgehead atoms. The molecule has 5 nitrogen and oxygen atoms in total. The molecule has 8 heteroatoms. The van der Waals surface area contributed by atoms with Crippen LogP contribution in [0.1, 0.15) is 46.6 Å². The molecule has 1 aliphatic rings. The van der Waals surface area contributed by atoms with E-state index >= 15 is 0 Å². The van der Waals surface area contributed by atoms with E-state index in [1.807, 2.05) is 49.3 Å². The standard InChI is InChI=1S/C30H31ClFN3O2S/c1-18-7-8-20(16-34-18)19-9-14-25(37-3)21(15-19)17-35(23-12-10-22(33-2)11-13-23)30(36)29-28(31)27-24(32)5-4-6-26(27)38-29/h4-9,14-16,22-23,33H,10-13,17H2,1-3H3/t22-,23-. The zero-order valence-electron chi connectivity index (χ0n) is 21.8. The van der Waals surface area contributed by atoms with Crippen LogP contribution in [0.4, 0.5) is 4.39 Å². The van der Waals surface area contributed by atoms with Crippen molar-refractivity contribution in [2.75, 3.05) is 14.2 Å². The van der Waals surface area contributed by atoms with Gasteiger partial charge >= 0.3 is 0 Å². The first-order chi connectivity index (χ1) is 18.4. The highest BCUT2D eigenvalue weighted by atomic mass is 35.5. The number of nitrogens with zero attached hydrogens (tertiary/aromatic N) is 2. The number of amides is 1. The first-order valence-corrected chi connectivity index (χ1v) is 14.0. The first kappa shape index (κ1) is 26.6. The number of hydrogen-bond donors (Lipinski definition) is 1. The minimum absolute atomic E-state index is 0.0348. The van der Waals surface area contributed by atoms with Gasteiger partial charge in [0.1, 0.15) is 16.4 Å². The Balaban J connectivity index is 1.54. The predicted molar refractivity (Wildman–Crippen MR) is 153 cm³/mol. The van der Waals surface area contributed by atoms with E-state index in [0.29, 0.717) is 33.3 Å². The molecule has 38 heavy (non-hydrogen) atoms. The monoisotopic (exact) mass is 551 g/mol. The summed E-state index contributed by atoms with van der Waals surface area (Å²) in [5.41, 5.74) is 3.85. The van der Waals surface area contributed by atoms with E-state index in [-0.39, 0.29) is 17.0 Å². The summed E-state index contributed by atoms with van der Waals surface area (Å²) >= 11 is 7.90. The topological polar surface area (TPSA) is 54.5 Å². The molecule has 0 unspecified atom stereocenters. The molecule has 1 amide bonds. The van der Waals surface area contributed by atoms with Crippen LogP contribution in [0.3, 0.4) is 0 Å². The molecule has 2 aromatic heterocycles. The maximum Gasteiger partial charge on any atom is 0.266 e. The number of hydrogen-bond acceptors (Lipinski definition) is 5. The molecule has 2 heterocycles. The minimum Gasteiger partial charge on any atom is -0.496 e. The minimum atomic E-state index is -0.412. The molecule has 198 valence electrons. The Hall–Kier alpha value is -3.00. The average molecular weight is 552 g/mol. The quantitative estimate of drug-likeness (QED) is 0.263. The number of methoxy groups -OCH3 is 1.